The van der Waals surface area contributed by atoms with Gasteiger partial charge in [-0.1, -0.05) is 24.3 Å². The molecule has 0 radical (unpaired) electrons. The van der Waals surface area contributed by atoms with E-state index in [-0.39, 0.29) is 18.4 Å². The van der Waals surface area contributed by atoms with Gasteiger partial charge in [-0.2, -0.15) is 0 Å². The summed E-state index contributed by atoms with van der Waals surface area (Å²) >= 11 is 0. The molecule has 164 valence electrons. The van der Waals surface area contributed by atoms with E-state index in [4.69, 9.17) is 14.2 Å². The number of rotatable bonds is 6. The van der Waals surface area contributed by atoms with Crippen LogP contribution >= 0.6 is 0 Å². The lowest BCUT2D eigenvalue weighted by molar-refractivity contribution is -0.142. The number of nitrogens with zero attached hydrogens (tertiary/aromatic N) is 2. The molecule has 2 amide bonds. The van der Waals surface area contributed by atoms with Crippen molar-refractivity contribution in [3.63, 3.8) is 0 Å². The highest BCUT2D eigenvalue weighted by atomic mass is 16.5. The van der Waals surface area contributed by atoms with E-state index in [1.807, 2.05) is 49.4 Å². The largest absolute Gasteiger partial charge is 0.494 e. The Balaban J connectivity index is 1.38. The minimum atomic E-state index is -0.708. The number of para-hydroxylation sites is 2. The highest BCUT2D eigenvalue weighted by Crippen LogP contribution is 2.34. The Hall–Kier alpha value is -3.06. The number of hydrogen-bond acceptors (Lipinski definition) is 5. The SMILES string of the molecule is Cc1cccc(OCCCC(=O)N2C[C@H](C(=O)N3CCOCC3)Oc3ccccc32)c1. The highest BCUT2D eigenvalue weighted by Gasteiger charge is 2.36. The van der Waals surface area contributed by atoms with Crippen molar-refractivity contribution in [3.8, 4) is 11.5 Å². The third-order valence-corrected chi connectivity index (χ3v) is 5.47. The molecule has 1 atom stereocenters. The normalized spacial score (nSPS) is 18.2. The maximum absolute atomic E-state index is 13.0. The summed E-state index contributed by atoms with van der Waals surface area (Å²) in [6, 6.07) is 15.2. The zero-order valence-electron chi connectivity index (χ0n) is 17.8. The standard InChI is InChI=1S/C24H28N2O5/c1-18-6-4-7-19(16-18)30-13-5-10-23(27)26-17-22(24(28)25-11-14-29-15-12-25)31-21-9-3-2-8-20(21)26/h2-4,6-9,16,22H,5,10-15,17H2,1H3/t22-/m1/s1. The Kier molecular flexibility index (Phi) is 6.72. The van der Waals surface area contributed by atoms with Gasteiger partial charge in [0.2, 0.25) is 5.91 Å². The molecule has 7 nitrogen and oxygen atoms in total. The van der Waals surface area contributed by atoms with Gasteiger partial charge >= 0.3 is 0 Å². The second-order valence-electron chi connectivity index (χ2n) is 7.78. The Morgan fingerprint density at radius 3 is 2.71 bits per heavy atom. The fourth-order valence-corrected chi connectivity index (χ4v) is 3.84. The van der Waals surface area contributed by atoms with E-state index in [2.05, 4.69) is 0 Å². The summed E-state index contributed by atoms with van der Waals surface area (Å²) in [5.41, 5.74) is 1.84. The third-order valence-electron chi connectivity index (χ3n) is 5.47. The Labute approximate surface area is 182 Å². The fourth-order valence-electron chi connectivity index (χ4n) is 3.84. The number of ether oxygens (including phenoxy) is 3. The van der Waals surface area contributed by atoms with E-state index in [1.54, 1.807) is 15.9 Å². The molecule has 2 aromatic carbocycles. The molecule has 2 aromatic rings. The lowest BCUT2D eigenvalue weighted by Crippen LogP contribution is -2.54. The van der Waals surface area contributed by atoms with Gasteiger partial charge in [0.05, 0.1) is 32.1 Å². The molecule has 1 fully saturated rings. The second-order valence-corrected chi connectivity index (χ2v) is 7.78. The molecule has 4 rings (SSSR count). The molecule has 0 aliphatic carbocycles. The number of aryl methyl sites for hydroxylation is 1. The van der Waals surface area contributed by atoms with Crippen molar-refractivity contribution in [2.45, 2.75) is 25.9 Å². The van der Waals surface area contributed by atoms with Gasteiger partial charge in [0.15, 0.2) is 6.10 Å². The number of benzene rings is 2. The van der Waals surface area contributed by atoms with Gasteiger partial charge in [0.1, 0.15) is 11.5 Å². The van der Waals surface area contributed by atoms with Crippen LogP contribution in [-0.2, 0) is 14.3 Å². The zero-order valence-corrected chi connectivity index (χ0v) is 17.8. The molecule has 2 aliphatic rings. The molecule has 0 N–H and O–H groups in total. The maximum atomic E-state index is 13.0. The van der Waals surface area contributed by atoms with Crippen molar-refractivity contribution in [2.24, 2.45) is 0 Å². The molecule has 7 heteroatoms. The molecule has 31 heavy (non-hydrogen) atoms. The van der Waals surface area contributed by atoms with Crippen molar-refractivity contribution in [1.29, 1.82) is 0 Å². The molecule has 0 saturated carbocycles. The Morgan fingerprint density at radius 1 is 1.10 bits per heavy atom. The van der Waals surface area contributed by atoms with Crippen molar-refractivity contribution in [3.05, 3.63) is 54.1 Å². The van der Waals surface area contributed by atoms with Crippen LogP contribution in [0, 0.1) is 6.92 Å². The van der Waals surface area contributed by atoms with E-state index < -0.39 is 6.10 Å². The average molecular weight is 424 g/mol. The topological polar surface area (TPSA) is 68.3 Å². The third kappa shape index (κ3) is 5.17. The van der Waals surface area contributed by atoms with Crippen LogP contribution in [0.4, 0.5) is 5.69 Å². The summed E-state index contributed by atoms with van der Waals surface area (Å²) in [6.45, 7) is 4.83. The number of hydrogen-bond donors (Lipinski definition) is 0. The maximum Gasteiger partial charge on any atom is 0.265 e. The first-order valence-corrected chi connectivity index (χ1v) is 10.7. The van der Waals surface area contributed by atoms with Crippen molar-refractivity contribution in [2.75, 3.05) is 44.4 Å². The molecular formula is C24H28N2O5. The minimum absolute atomic E-state index is 0.0385. The smallest absolute Gasteiger partial charge is 0.265 e. The Bertz CT molecular complexity index is 926. The van der Waals surface area contributed by atoms with Crippen LogP contribution in [0.2, 0.25) is 0 Å². The lowest BCUT2D eigenvalue weighted by Gasteiger charge is -2.37. The Morgan fingerprint density at radius 2 is 1.90 bits per heavy atom. The van der Waals surface area contributed by atoms with E-state index in [0.29, 0.717) is 57.2 Å². The average Bonchev–Trinajstić information content (AvgIpc) is 2.81. The van der Waals surface area contributed by atoms with Gasteiger partial charge in [-0.15, -0.1) is 0 Å². The fraction of sp³-hybridized carbons (Fsp3) is 0.417. The molecule has 0 bridgehead atoms. The number of morpholine rings is 1. The molecule has 2 aliphatic heterocycles. The molecule has 0 aromatic heterocycles. The summed E-state index contributed by atoms with van der Waals surface area (Å²) < 4.78 is 17.1. The molecule has 1 saturated heterocycles. The number of carbonyl (C=O) groups is 2. The van der Waals surface area contributed by atoms with E-state index in [1.165, 1.54) is 0 Å². The molecule has 0 spiro atoms. The summed E-state index contributed by atoms with van der Waals surface area (Å²) in [7, 11) is 0. The summed E-state index contributed by atoms with van der Waals surface area (Å²) in [4.78, 5) is 29.4. The van der Waals surface area contributed by atoms with Crippen molar-refractivity contribution in [1.82, 2.24) is 4.90 Å². The van der Waals surface area contributed by atoms with Crippen LogP contribution in [0.5, 0.6) is 11.5 Å². The number of carbonyl (C=O) groups excluding carboxylic acids is 2. The van der Waals surface area contributed by atoms with E-state index in [0.717, 1.165) is 11.3 Å². The van der Waals surface area contributed by atoms with Crippen molar-refractivity contribution < 1.29 is 23.8 Å². The highest BCUT2D eigenvalue weighted by molar-refractivity contribution is 5.97. The quantitative estimate of drug-likeness (QED) is 0.667. The predicted octanol–water partition coefficient (Wildman–Crippen LogP) is 2.81. The van der Waals surface area contributed by atoms with Crippen LogP contribution < -0.4 is 14.4 Å². The van der Waals surface area contributed by atoms with Crippen molar-refractivity contribution >= 4 is 17.5 Å². The lowest BCUT2D eigenvalue weighted by atomic mass is 10.1. The van der Waals surface area contributed by atoms with Crippen LogP contribution in [-0.4, -0.2) is 62.3 Å². The monoisotopic (exact) mass is 424 g/mol. The second kappa shape index (κ2) is 9.83. The summed E-state index contributed by atoms with van der Waals surface area (Å²) in [5.74, 6) is 1.23. The van der Waals surface area contributed by atoms with Crippen LogP contribution in [0.15, 0.2) is 48.5 Å². The first-order valence-electron chi connectivity index (χ1n) is 10.7. The van der Waals surface area contributed by atoms with Gasteiger partial charge in [-0.3, -0.25) is 9.59 Å². The number of fused-ring (bicyclic) bond motifs is 1. The van der Waals surface area contributed by atoms with Crippen LogP contribution in [0.1, 0.15) is 18.4 Å². The van der Waals surface area contributed by atoms with Crippen LogP contribution in [0.3, 0.4) is 0 Å². The summed E-state index contributed by atoms with van der Waals surface area (Å²) in [5, 5.41) is 0. The molecular weight excluding hydrogens is 396 g/mol. The first kappa shape index (κ1) is 21.2. The number of anilines is 1. The molecule has 2 heterocycles. The van der Waals surface area contributed by atoms with Gasteiger partial charge in [-0.25, -0.2) is 0 Å². The summed E-state index contributed by atoms with van der Waals surface area (Å²) in [6.07, 6.45) is 0.216. The van der Waals surface area contributed by atoms with Gasteiger partial charge in [0.25, 0.3) is 5.91 Å². The molecule has 0 unspecified atom stereocenters. The predicted molar refractivity (Wildman–Crippen MR) is 117 cm³/mol. The van der Waals surface area contributed by atoms with Gasteiger partial charge in [-0.05, 0) is 43.2 Å². The van der Waals surface area contributed by atoms with E-state index in [9.17, 15) is 9.59 Å². The van der Waals surface area contributed by atoms with Crippen LogP contribution in [0.25, 0.3) is 0 Å². The zero-order chi connectivity index (χ0) is 21.6. The van der Waals surface area contributed by atoms with Gasteiger partial charge in [0, 0.05) is 19.5 Å². The van der Waals surface area contributed by atoms with Gasteiger partial charge < -0.3 is 24.0 Å². The minimum Gasteiger partial charge on any atom is -0.494 e. The number of amides is 2. The van der Waals surface area contributed by atoms with E-state index >= 15 is 0 Å². The first-order chi connectivity index (χ1) is 15.1.